The first kappa shape index (κ1) is 19.3. The zero-order chi connectivity index (χ0) is 19.2. The Morgan fingerprint density at radius 3 is 2.41 bits per heavy atom. The zero-order valence-corrected chi connectivity index (χ0v) is 15.8. The van der Waals surface area contributed by atoms with E-state index in [-0.39, 0.29) is 5.91 Å². The first-order valence-corrected chi connectivity index (χ1v) is 9.82. The lowest BCUT2D eigenvalue weighted by Crippen LogP contribution is -2.47. The molecule has 2 aromatic carbocycles. The Hall–Kier alpha value is -2.51. The van der Waals surface area contributed by atoms with E-state index in [0.29, 0.717) is 42.3 Å². The molecule has 1 amide bonds. The molecular weight excluding hydrogens is 365 g/mol. The second kappa shape index (κ2) is 8.92. The normalized spacial score (nSPS) is 16.0. The molecule has 0 aromatic heterocycles. The van der Waals surface area contributed by atoms with E-state index >= 15 is 0 Å². The molecule has 1 N–H and O–H groups in total. The Morgan fingerprint density at radius 2 is 1.78 bits per heavy atom. The van der Waals surface area contributed by atoms with Crippen molar-refractivity contribution in [3.8, 4) is 0 Å². The highest BCUT2D eigenvalue weighted by Gasteiger charge is 2.23. The fourth-order valence-corrected chi connectivity index (χ4v) is 4.19. The third-order valence-electron chi connectivity index (χ3n) is 4.46. The van der Waals surface area contributed by atoms with Crippen molar-refractivity contribution >= 4 is 28.3 Å². The van der Waals surface area contributed by atoms with Gasteiger partial charge in [-0.25, -0.2) is 12.9 Å². The van der Waals surface area contributed by atoms with Crippen molar-refractivity contribution < 1.29 is 13.4 Å². The number of hydrogen-bond donors (Lipinski definition) is 1. The van der Waals surface area contributed by atoms with Gasteiger partial charge in [-0.2, -0.15) is 0 Å². The predicted octanol–water partition coefficient (Wildman–Crippen LogP) is 3.13. The first-order chi connectivity index (χ1) is 13.1. The highest BCUT2D eigenvalue weighted by Crippen LogP contribution is 2.24. The van der Waals surface area contributed by atoms with Gasteiger partial charge in [-0.05, 0) is 36.4 Å². The van der Waals surface area contributed by atoms with E-state index in [9.17, 15) is 13.4 Å². The van der Waals surface area contributed by atoms with Crippen molar-refractivity contribution in [2.75, 3.05) is 36.4 Å². The van der Waals surface area contributed by atoms with Gasteiger partial charge in [-0.3, -0.25) is 4.79 Å². The number of nitrogens with zero attached hydrogens (tertiary/aromatic N) is 2. The minimum absolute atomic E-state index is 0.284. The molecule has 1 heterocycles. The van der Waals surface area contributed by atoms with E-state index < -0.39 is 17.7 Å². The van der Waals surface area contributed by atoms with Gasteiger partial charge in [0.1, 0.15) is 17.7 Å². The predicted molar refractivity (Wildman–Crippen MR) is 107 cm³/mol. The van der Waals surface area contributed by atoms with Crippen LogP contribution in [0.3, 0.4) is 0 Å². The minimum Gasteiger partial charge on any atom is -0.369 e. The molecule has 5 nitrogen and oxygen atoms in total. The van der Waals surface area contributed by atoms with Crippen LogP contribution in [0.2, 0.25) is 0 Å². The highest BCUT2D eigenvalue weighted by molar-refractivity contribution is 7.82. The molecule has 1 aliphatic rings. The zero-order valence-electron chi connectivity index (χ0n) is 14.9. The summed E-state index contributed by atoms with van der Waals surface area (Å²) in [5, 5.41) is 2.67. The molecule has 0 radical (unpaired) electrons. The summed E-state index contributed by atoms with van der Waals surface area (Å²) < 4.78 is 27.9. The second-order valence-corrected chi connectivity index (χ2v) is 7.63. The van der Waals surface area contributed by atoms with Crippen molar-refractivity contribution in [1.82, 2.24) is 4.31 Å². The smallest absolute Gasteiger partial charge is 0.247 e. The Morgan fingerprint density at radius 1 is 1.11 bits per heavy atom. The lowest BCUT2D eigenvalue weighted by atomic mass is 10.1. The average Bonchev–Trinajstić information content (AvgIpc) is 2.73. The van der Waals surface area contributed by atoms with Gasteiger partial charge < -0.3 is 10.2 Å². The third kappa shape index (κ3) is 4.61. The van der Waals surface area contributed by atoms with Gasteiger partial charge in [0.05, 0.1) is 4.90 Å². The van der Waals surface area contributed by atoms with Crippen molar-refractivity contribution in [3.63, 3.8) is 0 Å². The van der Waals surface area contributed by atoms with Crippen LogP contribution < -0.4 is 10.2 Å². The van der Waals surface area contributed by atoms with Crippen LogP contribution in [0, 0.1) is 0 Å². The number of hydrogen-bond acceptors (Lipinski definition) is 3. The fourth-order valence-electron chi connectivity index (χ4n) is 3.02. The van der Waals surface area contributed by atoms with Crippen LogP contribution in [-0.4, -0.2) is 40.6 Å². The van der Waals surface area contributed by atoms with Crippen LogP contribution >= 0.6 is 0 Å². The molecule has 7 heteroatoms. The van der Waals surface area contributed by atoms with E-state index in [1.165, 1.54) is 6.08 Å². The number of nitrogens with one attached hydrogen (secondary N) is 1. The summed E-state index contributed by atoms with van der Waals surface area (Å²) in [4.78, 5) is 14.1. The van der Waals surface area contributed by atoms with Gasteiger partial charge in [0, 0.05) is 43.1 Å². The molecule has 1 fully saturated rings. The van der Waals surface area contributed by atoms with E-state index in [1.54, 1.807) is 30.3 Å². The summed E-state index contributed by atoms with van der Waals surface area (Å²) in [5.74, 6) is -0.284. The van der Waals surface area contributed by atoms with Gasteiger partial charge in [0.2, 0.25) is 5.91 Å². The topological polar surface area (TPSA) is 52.7 Å². The number of rotatable bonds is 6. The van der Waals surface area contributed by atoms with Gasteiger partial charge in [0.15, 0.2) is 0 Å². The molecule has 0 spiro atoms. The van der Waals surface area contributed by atoms with Crippen LogP contribution in [0.15, 0.2) is 66.1 Å². The fraction of sp³-hybridized carbons (Fsp3) is 0.250. The summed E-state index contributed by atoms with van der Waals surface area (Å²) in [6.45, 7) is 5.56. The van der Waals surface area contributed by atoms with E-state index in [1.807, 2.05) is 22.5 Å². The first-order valence-electron chi connectivity index (χ1n) is 8.71. The molecule has 3 rings (SSSR count). The summed E-state index contributed by atoms with van der Waals surface area (Å²) in [7, 11) is -1.27. The Labute approximate surface area is 161 Å². The van der Waals surface area contributed by atoms with Crippen molar-refractivity contribution in [2.45, 2.75) is 11.6 Å². The number of halogens is 1. The van der Waals surface area contributed by atoms with Gasteiger partial charge in [0.25, 0.3) is 0 Å². The van der Waals surface area contributed by atoms with Crippen LogP contribution in [0.5, 0.6) is 0 Å². The molecule has 0 saturated carbocycles. The minimum atomic E-state index is -1.27. The lowest BCUT2D eigenvalue weighted by Gasteiger charge is -2.36. The molecule has 0 bridgehead atoms. The molecule has 27 heavy (non-hydrogen) atoms. The maximum Gasteiger partial charge on any atom is 0.247 e. The van der Waals surface area contributed by atoms with E-state index in [2.05, 4.69) is 16.8 Å². The van der Waals surface area contributed by atoms with Crippen molar-refractivity contribution in [1.29, 1.82) is 0 Å². The average molecular weight is 387 g/mol. The monoisotopic (exact) mass is 387 g/mol. The number of amides is 1. The molecule has 1 aliphatic heterocycles. The Balaban J connectivity index is 1.61. The van der Waals surface area contributed by atoms with Gasteiger partial charge >= 0.3 is 0 Å². The number of alkyl halides is 1. The summed E-state index contributed by atoms with van der Waals surface area (Å²) in [6.07, 6.45) is 1.20. The van der Waals surface area contributed by atoms with Crippen LogP contribution in [0.1, 0.15) is 5.56 Å². The van der Waals surface area contributed by atoms with Crippen LogP contribution in [-0.2, 0) is 22.5 Å². The number of anilines is 2. The van der Waals surface area contributed by atoms with Crippen molar-refractivity contribution in [3.05, 3.63) is 66.7 Å². The standard InChI is InChI=1S/C20H22FN3O2S/c1-2-20(25)22-17-7-9-18(10-8-17)27(26)24-13-11-23(12-14-24)19-6-4-3-5-16(19)15-21/h2-10H,1,11-15H2,(H,22,25). The van der Waals surface area contributed by atoms with E-state index in [0.717, 1.165) is 5.69 Å². The SMILES string of the molecule is C=CC(=O)Nc1ccc(S(=O)N2CCN(c3ccccc3CF)CC2)cc1. The lowest BCUT2D eigenvalue weighted by molar-refractivity contribution is -0.111. The van der Waals surface area contributed by atoms with Gasteiger partial charge in [-0.1, -0.05) is 24.8 Å². The summed E-state index contributed by atoms with van der Waals surface area (Å²) >= 11 is 0. The quantitative estimate of drug-likeness (QED) is 0.775. The molecule has 1 unspecified atom stereocenters. The van der Waals surface area contributed by atoms with Gasteiger partial charge in [-0.15, -0.1) is 0 Å². The van der Waals surface area contributed by atoms with Crippen LogP contribution in [0.4, 0.5) is 15.8 Å². The summed E-state index contributed by atoms with van der Waals surface area (Å²) in [6, 6.07) is 14.4. The molecule has 142 valence electrons. The Kier molecular flexibility index (Phi) is 6.36. The molecular formula is C20H22FN3O2S. The maximum absolute atomic E-state index is 13.2. The number of piperazine rings is 1. The Bertz CT molecular complexity index is 833. The number of carbonyl (C=O) groups excluding carboxylic acids is 1. The number of benzene rings is 2. The highest BCUT2D eigenvalue weighted by atomic mass is 32.2. The molecule has 1 saturated heterocycles. The molecule has 2 aromatic rings. The summed E-state index contributed by atoms with van der Waals surface area (Å²) in [5.41, 5.74) is 2.23. The molecule has 0 aliphatic carbocycles. The molecule has 1 atom stereocenters. The van der Waals surface area contributed by atoms with E-state index in [4.69, 9.17) is 0 Å². The maximum atomic E-state index is 13.2. The van der Waals surface area contributed by atoms with Crippen LogP contribution in [0.25, 0.3) is 0 Å². The number of carbonyl (C=O) groups is 1. The third-order valence-corrected chi connectivity index (χ3v) is 5.97. The second-order valence-electron chi connectivity index (χ2n) is 6.15. The van der Waals surface area contributed by atoms with Crippen molar-refractivity contribution in [2.24, 2.45) is 0 Å². The largest absolute Gasteiger partial charge is 0.369 e. The number of para-hydroxylation sites is 1.